The summed E-state index contributed by atoms with van der Waals surface area (Å²) in [6.07, 6.45) is 0. The Kier molecular flexibility index (Phi) is 5.42. The molecule has 0 aliphatic carbocycles. The summed E-state index contributed by atoms with van der Waals surface area (Å²) < 4.78 is 38.7. The lowest BCUT2D eigenvalue weighted by Crippen LogP contribution is -2.41. The fourth-order valence-corrected chi connectivity index (χ4v) is 4.02. The lowest BCUT2D eigenvalue weighted by atomic mass is 9.96. The van der Waals surface area contributed by atoms with Crippen molar-refractivity contribution in [3.05, 3.63) is 53.1 Å². The first-order valence-electron chi connectivity index (χ1n) is 7.21. The first-order chi connectivity index (χ1) is 11.2. The summed E-state index contributed by atoms with van der Waals surface area (Å²) in [5.74, 6) is 0.677. The Morgan fingerprint density at radius 3 is 2.17 bits per heavy atom. The second-order valence-electron chi connectivity index (χ2n) is 5.75. The van der Waals surface area contributed by atoms with Crippen molar-refractivity contribution in [2.75, 3.05) is 14.2 Å². The van der Waals surface area contributed by atoms with Crippen LogP contribution in [0.3, 0.4) is 0 Å². The van der Waals surface area contributed by atoms with Crippen molar-refractivity contribution in [3.63, 3.8) is 0 Å². The third kappa shape index (κ3) is 4.01. The maximum Gasteiger partial charge on any atom is 0.245 e. The summed E-state index contributed by atoms with van der Waals surface area (Å²) in [5, 5.41) is 0.590. The van der Waals surface area contributed by atoms with Gasteiger partial charge in [-0.2, -0.15) is 0 Å². The van der Waals surface area contributed by atoms with Gasteiger partial charge in [0.2, 0.25) is 10.0 Å². The number of methoxy groups -OCH3 is 2. The topological polar surface area (TPSA) is 64.6 Å². The average molecular weight is 370 g/mol. The third-order valence-electron chi connectivity index (χ3n) is 3.62. The van der Waals surface area contributed by atoms with Gasteiger partial charge < -0.3 is 9.47 Å². The lowest BCUT2D eigenvalue weighted by Gasteiger charge is -2.27. The normalized spacial score (nSPS) is 12.0. The largest absolute Gasteiger partial charge is 0.497 e. The van der Waals surface area contributed by atoms with E-state index in [4.69, 9.17) is 21.1 Å². The molecule has 1 N–H and O–H groups in total. The highest BCUT2D eigenvalue weighted by molar-refractivity contribution is 7.89. The molecule has 0 spiro atoms. The molecule has 0 radical (unpaired) electrons. The van der Waals surface area contributed by atoms with Gasteiger partial charge in [0.05, 0.1) is 19.8 Å². The molecule has 0 fully saturated rings. The van der Waals surface area contributed by atoms with Gasteiger partial charge in [-0.05, 0) is 43.7 Å². The maximum absolute atomic E-state index is 12.9. The van der Waals surface area contributed by atoms with Crippen LogP contribution in [0.25, 0.3) is 0 Å². The Hall–Kier alpha value is -1.76. The zero-order valence-corrected chi connectivity index (χ0v) is 15.5. The van der Waals surface area contributed by atoms with Crippen LogP contribution in [0.4, 0.5) is 0 Å². The van der Waals surface area contributed by atoms with Crippen molar-refractivity contribution in [1.29, 1.82) is 0 Å². The molecule has 130 valence electrons. The van der Waals surface area contributed by atoms with E-state index in [2.05, 4.69) is 4.72 Å². The summed E-state index contributed by atoms with van der Waals surface area (Å²) in [5.41, 5.74) is -0.0466. The van der Waals surface area contributed by atoms with Gasteiger partial charge in [-0.15, -0.1) is 0 Å². The minimum Gasteiger partial charge on any atom is -0.497 e. The molecular weight excluding hydrogens is 350 g/mol. The maximum atomic E-state index is 12.9. The molecule has 0 aliphatic rings. The van der Waals surface area contributed by atoms with Crippen LogP contribution in [0.5, 0.6) is 11.5 Å². The summed E-state index contributed by atoms with van der Waals surface area (Å²) in [4.78, 5) is 0.0198. The molecule has 0 aromatic heterocycles. The van der Waals surface area contributed by atoms with Gasteiger partial charge in [-0.1, -0.05) is 23.7 Å². The molecule has 0 saturated heterocycles. The van der Waals surface area contributed by atoms with Crippen molar-refractivity contribution in [1.82, 2.24) is 4.72 Å². The SMILES string of the molecule is COc1ccc(OC)c(S(=O)(=O)NC(C)(C)c2ccc(Cl)cc2)c1. The van der Waals surface area contributed by atoms with Crippen molar-refractivity contribution in [2.45, 2.75) is 24.3 Å². The van der Waals surface area contributed by atoms with E-state index in [0.717, 1.165) is 5.56 Å². The predicted molar refractivity (Wildman–Crippen MR) is 94.3 cm³/mol. The Morgan fingerprint density at radius 1 is 1.00 bits per heavy atom. The van der Waals surface area contributed by atoms with E-state index in [-0.39, 0.29) is 10.6 Å². The van der Waals surface area contributed by atoms with Gasteiger partial charge in [-0.3, -0.25) is 0 Å². The molecule has 0 bridgehead atoms. The molecule has 0 atom stereocenters. The first kappa shape index (κ1) is 18.6. The minimum absolute atomic E-state index is 0.0198. The van der Waals surface area contributed by atoms with Crippen molar-refractivity contribution in [2.24, 2.45) is 0 Å². The van der Waals surface area contributed by atoms with Gasteiger partial charge in [0.1, 0.15) is 16.4 Å². The quantitative estimate of drug-likeness (QED) is 0.845. The summed E-state index contributed by atoms with van der Waals surface area (Å²) >= 11 is 5.89. The van der Waals surface area contributed by atoms with E-state index >= 15 is 0 Å². The molecule has 0 saturated carbocycles. The highest BCUT2D eigenvalue weighted by Gasteiger charge is 2.30. The highest BCUT2D eigenvalue weighted by Crippen LogP contribution is 2.31. The lowest BCUT2D eigenvalue weighted by molar-refractivity contribution is 0.390. The molecule has 7 heteroatoms. The van der Waals surface area contributed by atoms with Gasteiger partial charge >= 0.3 is 0 Å². The smallest absolute Gasteiger partial charge is 0.245 e. The second kappa shape index (κ2) is 7.01. The van der Waals surface area contributed by atoms with Gasteiger partial charge in [-0.25, -0.2) is 13.1 Å². The van der Waals surface area contributed by atoms with Crippen LogP contribution >= 0.6 is 11.6 Å². The van der Waals surface area contributed by atoms with Crippen LogP contribution in [0, 0.1) is 0 Å². The molecule has 0 aliphatic heterocycles. The molecule has 0 heterocycles. The number of benzene rings is 2. The van der Waals surface area contributed by atoms with E-state index in [9.17, 15) is 8.42 Å². The number of ether oxygens (including phenoxy) is 2. The highest BCUT2D eigenvalue weighted by atomic mass is 35.5. The number of halogens is 1. The van der Waals surface area contributed by atoms with Crippen LogP contribution < -0.4 is 14.2 Å². The molecular formula is C17H20ClNO4S. The standard InChI is InChI=1S/C17H20ClNO4S/c1-17(2,12-5-7-13(18)8-6-12)19-24(20,21)16-11-14(22-3)9-10-15(16)23-4/h5-11,19H,1-4H3. The molecule has 0 unspecified atom stereocenters. The van der Waals surface area contributed by atoms with Gasteiger partial charge in [0.25, 0.3) is 0 Å². The van der Waals surface area contributed by atoms with Crippen LogP contribution in [0.15, 0.2) is 47.4 Å². The molecule has 0 amide bonds. The third-order valence-corrected chi connectivity index (χ3v) is 5.54. The molecule has 5 nitrogen and oxygen atoms in total. The van der Waals surface area contributed by atoms with Crippen LogP contribution in [0.1, 0.15) is 19.4 Å². The number of hydrogen-bond donors (Lipinski definition) is 1. The van der Waals surface area contributed by atoms with Crippen LogP contribution in [-0.4, -0.2) is 22.6 Å². The van der Waals surface area contributed by atoms with Crippen molar-refractivity contribution >= 4 is 21.6 Å². The van der Waals surface area contributed by atoms with E-state index in [0.29, 0.717) is 10.8 Å². The van der Waals surface area contributed by atoms with E-state index in [1.807, 2.05) is 0 Å². The molecule has 2 aromatic rings. The van der Waals surface area contributed by atoms with Crippen LogP contribution in [-0.2, 0) is 15.6 Å². The zero-order valence-electron chi connectivity index (χ0n) is 14.0. The monoisotopic (exact) mass is 369 g/mol. The van der Waals surface area contributed by atoms with Crippen LogP contribution in [0.2, 0.25) is 5.02 Å². The Bertz CT molecular complexity index is 817. The second-order valence-corrected chi connectivity index (χ2v) is 7.84. The number of hydrogen-bond acceptors (Lipinski definition) is 4. The molecule has 2 aromatic carbocycles. The fraction of sp³-hybridized carbons (Fsp3) is 0.294. The Labute approximate surface area is 147 Å². The van der Waals surface area contributed by atoms with Gasteiger partial charge in [0.15, 0.2) is 0 Å². The summed E-state index contributed by atoms with van der Waals surface area (Å²) in [7, 11) is -0.942. The fourth-order valence-electron chi connectivity index (χ4n) is 2.31. The minimum atomic E-state index is -3.84. The number of sulfonamides is 1. The van der Waals surface area contributed by atoms with Crippen molar-refractivity contribution in [3.8, 4) is 11.5 Å². The molecule has 24 heavy (non-hydrogen) atoms. The first-order valence-corrected chi connectivity index (χ1v) is 9.08. The summed E-state index contributed by atoms with van der Waals surface area (Å²) in [6, 6.07) is 11.6. The Morgan fingerprint density at radius 2 is 1.62 bits per heavy atom. The van der Waals surface area contributed by atoms with E-state index < -0.39 is 15.6 Å². The van der Waals surface area contributed by atoms with Gasteiger partial charge in [0, 0.05) is 11.1 Å². The van der Waals surface area contributed by atoms with E-state index in [1.54, 1.807) is 50.2 Å². The number of nitrogens with one attached hydrogen (secondary N) is 1. The van der Waals surface area contributed by atoms with E-state index in [1.165, 1.54) is 20.3 Å². The average Bonchev–Trinajstić information content (AvgIpc) is 2.53. The predicted octanol–water partition coefficient (Wildman–Crippen LogP) is 3.57. The summed E-state index contributed by atoms with van der Waals surface area (Å²) in [6.45, 7) is 3.56. The zero-order chi connectivity index (χ0) is 18.0. The molecule has 2 rings (SSSR count). The Balaban J connectivity index is 2.42. The number of rotatable bonds is 6. The van der Waals surface area contributed by atoms with Crippen molar-refractivity contribution < 1.29 is 17.9 Å².